The molecule has 0 saturated carbocycles. The summed E-state index contributed by atoms with van der Waals surface area (Å²) in [5, 5.41) is 38.1. The number of halogens is 1. The van der Waals surface area contributed by atoms with Crippen molar-refractivity contribution in [2.24, 2.45) is 0 Å². The van der Waals surface area contributed by atoms with E-state index in [-0.39, 0.29) is 29.4 Å². The smallest absolute Gasteiger partial charge is 0.257 e. The SMILES string of the molecule is CC(=O)c1cccc(Nc2nc(-c3sc(NC(=O)c4ccccc4)nc3C)cs2)c1.CCOc1ccccc1Nc1nc(-c2sc(NC(=O)c3ccccc3)nc2C)cs1.COc1ccc(Cl)cc1Nc1nc(-c2sc(NC(=O)c3ccccc3)nc2C)cs1.COc1ccccc1Nc1nc(-c2sc(NC(=O)c3ccccc3)nc2C)cs1. The zero-order valence-corrected chi connectivity index (χ0v) is 72.0. The molecule has 0 aliphatic heterocycles. The molecule has 8 aromatic heterocycles. The number of anilines is 12. The average molecular weight is 1750 g/mol. The Morgan fingerprint density at radius 2 is 0.647 bits per heavy atom. The molecule has 0 unspecified atom stereocenters. The van der Waals surface area contributed by atoms with Crippen molar-refractivity contribution < 1.29 is 38.2 Å². The molecule has 0 aliphatic rings. The number of nitrogens with one attached hydrogen (secondary N) is 8. The van der Waals surface area contributed by atoms with E-state index in [0.717, 1.165) is 110 Å². The third-order valence-electron chi connectivity index (χ3n) is 16.9. The summed E-state index contributed by atoms with van der Waals surface area (Å²) >= 11 is 17.6. The van der Waals surface area contributed by atoms with Crippen LogP contribution in [0.15, 0.2) is 234 Å². The van der Waals surface area contributed by atoms with Crippen molar-refractivity contribution >= 4 is 196 Å². The van der Waals surface area contributed by atoms with Gasteiger partial charge in [0.25, 0.3) is 23.6 Å². The highest BCUT2D eigenvalue weighted by Gasteiger charge is 2.22. The van der Waals surface area contributed by atoms with Gasteiger partial charge in [-0.15, -0.1) is 45.3 Å². The molecule has 0 aliphatic carbocycles. The largest absolute Gasteiger partial charge is 0.495 e. The zero-order valence-electron chi connectivity index (χ0n) is 64.7. The second kappa shape index (κ2) is 40.4. The van der Waals surface area contributed by atoms with Gasteiger partial charge in [0.15, 0.2) is 46.8 Å². The van der Waals surface area contributed by atoms with Crippen molar-refractivity contribution in [3.05, 3.63) is 289 Å². The lowest BCUT2D eigenvalue weighted by Crippen LogP contribution is -2.11. The molecule has 0 bridgehead atoms. The number of ether oxygens (including phenoxy) is 3. The van der Waals surface area contributed by atoms with Gasteiger partial charge in [-0.25, -0.2) is 39.9 Å². The normalized spacial score (nSPS) is 10.6. The van der Waals surface area contributed by atoms with Crippen LogP contribution < -0.4 is 56.7 Å². The Kier molecular flexibility index (Phi) is 28.6. The van der Waals surface area contributed by atoms with E-state index < -0.39 is 0 Å². The molecule has 0 radical (unpaired) electrons. The fourth-order valence-electron chi connectivity index (χ4n) is 11.2. The lowest BCUT2D eigenvalue weighted by molar-refractivity contribution is 0.101. The quantitative estimate of drug-likeness (QED) is 0.0247. The summed E-state index contributed by atoms with van der Waals surface area (Å²) in [7, 11) is 3.24. The monoisotopic (exact) mass is 1750 g/mol. The first-order valence-electron chi connectivity index (χ1n) is 36.4. The first-order valence-corrected chi connectivity index (χ1v) is 43.5. The highest BCUT2D eigenvalue weighted by molar-refractivity contribution is 7.21. The van der Waals surface area contributed by atoms with Gasteiger partial charge in [-0.1, -0.05) is 166 Å². The van der Waals surface area contributed by atoms with E-state index in [1.54, 1.807) is 100 Å². The Morgan fingerprint density at radius 3 is 1.00 bits per heavy atom. The van der Waals surface area contributed by atoms with E-state index in [1.807, 2.05) is 190 Å². The van der Waals surface area contributed by atoms with Gasteiger partial charge in [0, 0.05) is 60.0 Å². The number of para-hydroxylation sites is 4. The van der Waals surface area contributed by atoms with E-state index in [4.69, 9.17) is 30.8 Å². The number of rotatable bonds is 25. The Hall–Kier alpha value is -12.8. The van der Waals surface area contributed by atoms with Crippen molar-refractivity contribution in [2.45, 2.75) is 41.5 Å². The van der Waals surface area contributed by atoms with Crippen molar-refractivity contribution in [3.8, 4) is 59.5 Å². The second-order valence-corrected chi connectivity index (χ2v) is 33.1. The summed E-state index contributed by atoms with van der Waals surface area (Å²) in [6, 6.07) is 64.4. The van der Waals surface area contributed by atoms with Crippen LogP contribution in [0, 0.1) is 27.7 Å². The zero-order chi connectivity index (χ0) is 83.3. The summed E-state index contributed by atoms with van der Waals surface area (Å²) in [5.41, 5.74) is 12.8. The number of aromatic nitrogens is 8. The number of Topliss-reactive ketones (excluding diaryl/α,β-unsaturated/α-hetero) is 1. The number of hydrogen-bond donors (Lipinski definition) is 8. The van der Waals surface area contributed by atoms with Gasteiger partial charge in [0.05, 0.1) is 103 Å². The number of hydrogen-bond acceptors (Lipinski definition) is 28. The Morgan fingerprint density at radius 1 is 0.336 bits per heavy atom. The number of ketones is 1. The number of nitrogens with zero attached hydrogens (tertiary/aromatic N) is 8. The molecule has 0 saturated heterocycles. The van der Waals surface area contributed by atoms with Gasteiger partial charge in [0.1, 0.15) is 17.2 Å². The summed E-state index contributed by atoms with van der Waals surface area (Å²) in [6.07, 6.45) is 0. The van der Waals surface area contributed by atoms with Gasteiger partial charge in [-0.3, -0.25) is 45.2 Å². The standard InChI is InChI=1S/C22H18N4O2S2.C22H20N4O2S2.C21H17ClN4O2S2.C21H18N4O2S2/c1-13-19(30-22(23-13)26-20(28)15-7-4-3-5-8-15)18-12-29-21(25-18)24-17-10-6-9-16(11-17)14(2)27;1-3-28-18-12-8-7-11-16(18)24-21-25-17(13-29-21)19-14(2)23-22(30-19)26-20(27)15-9-5-4-6-10-15;1-12-18(30-21(23-12)26-19(27)13-6-4-3-5-7-13)16-11-29-20(25-16)24-15-10-14(22)8-9-17(15)28-2;1-13-18(29-21(22-13)25-19(26)14-8-4-3-5-9-14)16-12-28-20(24-16)23-15-10-6-7-11-17(15)27-2/h3-12H,1-2H3,(H,24,25)(H,23,26,28);4-13H,3H2,1-2H3,(H,24,25)(H,23,26,27);3-11H,1-2H3,(H,24,25)(H,23,26,27);3-12H,1-2H3,(H,23,24)(H,22,25,26). The van der Waals surface area contributed by atoms with Crippen LogP contribution in [0.1, 0.15) is 88.4 Å². The third-order valence-corrected chi connectivity index (χ3v) is 24.5. The van der Waals surface area contributed by atoms with Gasteiger partial charge in [-0.05, 0) is 145 Å². The van der Waals surface area contributed by atoms with Crippen molar-refractivity contribution in [1.82, 2.24) is 39.9 Å². The molecular formula is C86H73ClN16O8S8. The number of carbonyl (C=O) groups excluding carboxylic acids is 5. The first kappa shape index (κ1) is 84.2. The molecule has 0 spiro atoms. The molecule has 8 aromatic carbocycles. The van der Waals surface area contributed by atoms with Gasteiger partial charge < -0.3 is 35.5 Å². The topological polar surface area (TPSA) is 312 Å². The van der Waals surface area contributed by atoms with E-state index in [9.17, 15) is 24.0 Å². The molecule has 600 valence electrons. The number of carbonyl (C=O) groups is 5. The van der Waals surface area contributed by atoms with Crippen LogP contribution in [0.5, 0.6) is 17.2 Å². The average Bonchev–Trinajstić information content (AvgIpc) is 1.69. The molecule has 16 rings (SSSR count). The van der Waals surface area contributed by atoms with Crippen LogP contribution >= 0.6 is 102 Å². The molecular weight excluding hydrogens is 1680 g/mol. The van der Waals surface area contributed by atoms with Gasteiger partial charge in [0.2, 0.25) is 0 Å². The van der Waals surface area contributed by atoms with Gasteiger partial charge >= 0.3 is 0 Å². The predicted octanol–water partition coefficient (Wildman–Crippen LogP) is 23.6. The maximum absolute atomic E-state index is 12.4. The minimum atomic E-state index is -0.193. The lowest BCUT2D eigenvalue weighted by Gasteiger charge is -2.09. The first-order chi connectivity index (χ1) is 57.8. The van der Waals surface area contributed by atoms with Crippen LogP contribution in [-0.2, 0) is 0 Å². The van der Waals surface area contributed by atoms with Crippen molar-refractivity contribution in [2.75, 3.05) is 63.4 Å². The Balaban J connectivity index is 0.000000137. The van der Waals surface area contributed by atoms with Crippen LogP contribution in [0.4, 0.5) is 63.8 Å². The summed E-state index contributed by atoms with van der Waals surface area (Å²) in [5.74, 6) is 1.50. The lowest BCUT2D eigenvalue weighted by atomic mass is 10.1. The van der Waals surface area contributed by atoms with E-state index in [2.05, 4.69) is 77.4 Å². The maximum atomic E-state index is 12.4. The number of methoxy groups -OCH3 is 2. The van der Waals surface area contributed by atoms with Crippen LogP contribution in [0.3, 0.4) is 0 Å². The van der Waals surface area contributed by atoms with Crippen molar-refractivity contribution in [1.29, 1.82) is 0 Å². The van der Waals surface area contributed by atoms with Crippen molar-refractivity contribution in [3.63, 3.8) is 0 Å². The fraction of sp³-hybridized carbons (Fsp3) is 0.105. The number of benzene rings is 8. The number of amides is 4. The summed E-state index contributed by atoms with van der Waals surface area (Å²) in [4.78, 5) is 101. The van der Waals surface area contributed by atoms with Crippen LogP contribution in [-0.4, -0.2) is 90.1 Å². The number of thiazole rings is 8. The summed E-state index contributed by atoms with van der Waals surface area (Å²) < 4.78 is 16.4. The molecule has 33 heteroatoms. The molecule has 8 N–H and O–H groups in total. The Bertz CT molecular complexity index is 6190. The minimum Gasteiger partial charge on any atom is -0.495 e. The molecule has 4 amide bonds. The molecule has 0 atom stereocenters. The third kappa shape index (κ3) is 22.5. The molecule has 16 aromatic rings. The van der Waals surface area contributed by atoms with Gasteiger partial charge in [-0.2, -0.15) is 0 Å². The second-order valence-electron chi connectivity index (χ2n) is 25.3. The van der Waals surface area contributed by atoms with E-state index in [0.29, 0.717) is 76.0 Å². The van der Waals surface area contributed by atoms with Crippen LogP contribution in [0.25, 0.3) is 42.3 Å². The summed E-state index contributed by atoms with van der Waals surface area (Å²) in [6.45, 7) is 11.7. The van der Waals surface area contributed by atoms with Crippen LogP contribution in [0.2, 0.25) is 5.02 Å². The van der Waals surface area contributed by atoms with E-state index in [1.165, 1.54) is 90.7 Å². The highest BCUT2D eigenvalue weighted by atomic mass is 35.5. The Labute approximate surface area is 721 Å². The van der Waals surface area contributed by atoms with E-state index >= 15 is 0 Å². The highest BCUT2D eigenvalue weighted by Crippen LogP contribution is 2.42. The molecule has 119 heavy (non-hydrogen) atoms. The minimum absolute atomic E-state index is 0.0174. The predicted molar refractivity (Wildman–Crippen MR) is 488 cm³/mol. The molecule has 8 heterocycles. The fourth-order valence-corrected chi connectivity index (χ4v) is 18.2. The molecule has 0 fully saturated rings. The maximum Gasteiger partial charge on any atom is 0.257 e. The number of aryl methyl sites for hydroxylation is 4. The molecule has 24 nitrogen and oxygen atoms in total.